The number of carbonyl (C=O) groups excluding carboxylic acids is 2. The van der Waals surface area contributed by atoms with Crippen LogP contribution in [0.1, 0.15) is 23.6 Å². The van der Waals surface area contributed by atoms with E-state index in [1.54, 1.807) is 7.05 Å². The molecule has 6 nitrogen and oxygen atoms in total. The molecule has 0 N–H and O–H groups in total. The van der Waals surface area contributed by atoms with E-state index in [9.17, 15) is 9.59 Å². The van der Waals surface area contributed by atoms with Gasteiger partial charge in [-0.2, -0.15) is 0 Å². The number of hydrogen-bond acceptors (Lipinski definition) is 5. The number of para-hydroxylation sites is 1. The van der Waals surface area contributed by atoms with Crippen LogP contribution in [-0.2, 0) is 20.9 Å². The second-order valence-corrected chi connectivity index (χ2v) is 6.50. The lowest BCUT2D eigenvalue weighted by Crippen LogP contribution is -2.31. The summed E-state index contributed by atoms with van der Waals surface area (Å²) in [5.74, 6) is 0.594. The largest absolute Gasteiger partial charge is 0.494 e. The van der Waals surface area contributed by atoms with Gasteiger partial charge in [0.2, 0.25) is 0 Å². The first-order valence-electron chi connectivity index (χ1n) is 9.21. The summed E-state index contributed by atoms with van der Waals surface area (Å²) in [6.45, 7) is 6.22. The molecule has 150 valence electrons. The van der Waals surface area contributed by atoms with Crippen LogP contribution in [0.15, 0.2) is 42.5 Å². The molecule has 28 heavy (non-hydrogen) atoms. The summed E-state index contributed by atoms with van der Waals surface area (Å²) < 4.78 is 16.0. The van der Waals surface area contributed by atoms with Gasteiger partial charge in [0.15, 0.2) is 13.2 Å². The Morgan fingerprint density at radius 1 is 0.929 bits per heavy atom. The van der Waals surface area contributed by atoms with Gasteiger partial charge >= 0.3 is 5.97 Å². The van der Waals surface area contributed by atoms with E-state index in [2.05, 4.69) is 0 Å². The Balaban J connectivity index is 1.76. The third kappa shape index (κ3) is 6.30. The van der Waals surface area contributed by atoms with E-state index in [0.717, 1.165) is 22.4 Å². The minimum Gasteiger partial charge on any atom is -0.494 e. The zero-order valence-corrected chi connectivity index (χ0v) is 16.9. The molecule has 6 heteroatoms. The van der Waals surface area contributed by atoms with Crippen molar-refractivity contribution in [2.45, 2.75) is 27.3 Å². The van der Waals surface area contributed by atoms with Crippen LogP contribution in [0.2, 0.25) is 0 Å². The van der Waals surface area contributed by atoms with Gasteiger partial charge in [0.05, 0.1) is 6.61 Å². The van der Waals surface area contributed by atoms with E-state index in [1.165, 1.54) is 4.90 Å². The van der Waals surface area contributed by atoms with Crippen molar-refractivity contribution in [3.63, 3.8) is 0 Å². The molecule has 2 rings (SSSR count). The molecular weight excluding hydrogens is 358 g/mol. The molecule has 0 spiro atoms. The van der Waals surface area contributed by atoms with Crippen LogP contribution in [0.4, 0.5) is 0 Å². The molecular formula is C22H27NO5. The van der Waals surface area contributed by atoms with Crippen molar-refractivity contribution in [3.8, 4) is 11.5 Å². The number of aryl methyl sites for hydroxylation is 2. The molecule has 0 atom stereocenters. The molecule has 0 fully saturated rings. The molecule has 0 aliphatic rings. The molecule has 0 aromatic heterocycles. The SMILES string of the molecule is CCOc1ccc(CN(C)C(=O)COC(=O)COc2c(C)cccc2C)cc1. The monoisotopic (exact) mass is 385 g/mol. The first kappa shape index (κ1) is 21.3. The number of rotatable bonds is 9. The van der Waals surface area contributed by atoms with Crippen LogP contribution in [-0.4, -0.2) is 43.6 Å². The molecule has 0 radical (unpaired) electrons. The number of carbonyl (C=O) groups is 2. The lowest BCUT2D eigenvalue weighted by molar-refractivity contribution is -0.153. The zero-order chi connectivity index (χ0) is 20.5. The highest BCUT2D eigenvalue weighted by Gasteiger charge is 2.14. The number of amides is 1. The summed E-state index contributed by atoms with van der Waals surface area (Å²) in [6, 6.07) is 13.3. The molecule has 2 aromatic rings. The highest BCUT2D eigenvalue weighted by molar-refractivity contribution is 5.80. The second kappa shape index (κ2) is 10.3. The Morgan fingerprint density at radius 3 is 2.18 bits per heavy atom. The molecule has 0 heterocycles. The van der Waals surface area contributed by atoms with Crippen LogP contribution in [0.3, 0.4) is 0 Å². The fourth-order valence-electron chi connectivity index (χ4n) is 2.67. The van der Waals surface area contributed by atoms with Gasteiger partial charge in [0, 0.05) is 13.6 Å². The Kier molecular flexibility index (Phi) is 7.87. The highest BCUT2D eigenvalue weighted by Crippen LogP contribution is 2.22. The smallest absolute Gasteiger partial charge is 0.344 e. The summed E-state index contributed by atoms with van der Waals surface area (Å²) in [6.07, 6.45) is 0. The molecule has 0 aliphatic carbocycles. The molecule has 0 saturated heterocycles. The van der Waals surface area contributed by atoms with E-state index >= 15 is 0 Å². The third-order valence-electron chi connectivity index (χ3n) is 4.18. The van der Waals surface area contributed by atoms with Crippen LogP contribution >= 0.6 is 0 Å². The van der Waals surface area contributed by atoms with Crippen molar-refractivity contribution in [2.24, 2.45) is 0 Å². The second-order valence-electron chi connectivity index (χ2n) is 6.50. The van der Waals surface area contributed by atoms with Gasteiger partial charge in [0.25, 0.3) is 5.91 Å². The van der Waals surface area contributed by atoms with Gasteiger partial charge in [-0.25, -0.2) is 4.79 Å². The molecule has 0 unspecified atom stereocenters. The van der Waals surface area contributed by atoms with Gasteiger partial charge in [-0.3, -0.25) is 4.79 Å². The molecule has 2 aromatic carbocycles. The predicted octanol–water partition coefficient (Wildman–Crippen LogP) is 3.28. The summed E-state index contributed by atoms with van der Waals surface area (Å²) >= 11 is 0. The van der Waals surface area contributed by atoms with Crippen molar-refractivity contribution < 1.29 is 23.8 Å². The maximum atomic E-state index is 12.2. The fourth-order valence-corrected chi connectivity index (χ4v) is 2.67. The summed E-state index contributed by atoms with van der Waals surface area (Å²) in [5.41, 5.74) is 2.85. The lowest BCUT2D eigenvalue weighted by atomic mass is 10.1. The van der Waals surface area contributed by atoms with Crippen molar-refractivity contribution in [1.82, 2.24) is 4.90 Å². The number of ether oxygens (including phenoxy) is 3. The lowest BCUT2D eigenvalue weighted by Gasteiger charge is -2.17. The normalized spacial score (nSPS) is 10.3. The van der Waals surface area contributed by atoms with E-state index < -0.39 is 5.97 Å². The van der Waals surface area contributed by atoms with E-state index in [0.29, 0.717) is 18.9 Å². The van der Waals surface area contributed by atoms with E-state index in [1.807, 2.05) is 63.2 Å². The maximum Gasteiger partial charge on any atom is 0.344 e. The fraction of sp³-hybridized carbons (Fsp3) is 0.364. The Labute approximate surface area is 166 Å². The van der Waals surface area contributed by atoms with Crippen molar-refractivity contribution in [3.05, 3.63) is 59.2 Å². The number of likely N-dealkylation sites (N-methyl/N-ethyl adjacent to an activating group) is 1. The Morgan fingerprint density at radius 2 is 1.57 bits per heavy atom. The summed E-state index contributed by atoms with van der Waals surface area (Å²) in [7, 11) is 1.67. The maximum absolute atomic E-state index is 12.2. The van der Waals surface area contributed by atoms with Crippen LogP contribution in [0.25, 0.3) is 0 Å². The quantitative estimate of drug-likeness (QED) is 0.620. The van der Waals surface area contributed by atoms with Crippen molar-refractivity contribution in [1.29, 1.82) is 0 Å². The first-order chi connectivity index (χ1) is 13.4. The molecule has 1 amide bonds. The molecule has 0 saturated carbocycles. The summed E-state index contributed by atoms with van der Waals surface area (Å²) in [5, 5.41) is 0. The van der Waals surface area contributed by atoms with Gasteiger partial charge in [0.1, 0.15) is 11.5 Å². The molecule has 0 bridgehead atoms. The van der Waals surface area contributed by atoms with Crippen molar-refractivity contribution in [2.75, 3.05) is 26.9 Å². The van der Waals surface area contributed by atoms with Gasteiger partial charge < -0.3 is 19.1 Å². The average molecular weight is 385 g/mol. The summed E-state index contributed by atoms with van der Waals surface area (Å²) in [4.78, 5) is 25.6. The van der Waals surface area contributed by atoms with Crippen molar-refractivity contribution >= 4 is 11.9 Å². The average Bonchev–Trinajstić information content (AvgIpc) is 2.67. The minimum atomic E-state index is -0.578. The Bertz CT molecular complexity index is 781. The molecule has 0 aliphatic heterocycles. The Hall–Kier alpha value is -3.02. The predicted molar refractivity (Wildman–Crippen MR) is 106 cm³/mol. The van der Waals surface area contributed by atoms with Crippen LogP contribution < -0.4 is 9.47 Å². The van der Waals surface area contributed by atoms with E-state index in [4.69, 9.17) is 14.2 Å². The van der Waals surface area contributed by atoms with Crippen LogP contribution in [0.5, 0.6) is 11.5 Å². The minimum absolute atomic E-state index is 0.235. The third-order valence-corrected chi connectivity index (χ3v) is 4.18. The number of esters is 1. The zero-order valence-electron chi connectivity index (χ0n) is 16.9. The number of hydrogen-bond donors (Lipinski definition) is 0. The number of nitrogens with zero attached hydrogens (tertiary/aromatic N) is 1. The first-order valence-corrected chi connectivity index (χ1v) is 9.21. The van der Waals surface area contributed by atoms with E-state index in [-0.39, 0.29) is 19.1 Å². The van der Waals surface area contributed by atoms with Gasteiger partial charge in [-0.1, -0.05) is 30.3 Å². The van der Waals surface area contributed by atoms with Gasteiger partial charge in [-0.05, 0) is 49.6 Å². The van der Waals surface area contributed by atoms with Gasteiger partial charge in [-0.15, -0.1) is 0 Å². The highest BCUT2D eigenvalue weighted by atomic mass is 16.6. The number of benzene rings is 2. The van der Waals surface area contributed by atoms with Crippen LogP contribution in [0, 0.1) is 13.8 Å². The standard InChI is InChI=1S/C22H27NO5/c1-5-26-19-11-9-18(10-12-19)13-23(4)20(24)14-27-21(25)15-28-22-16(2)7-6-8-17(22)3/h6-12H,5,13-15H2,1-4H3. The topological polar surface area (TPSA) is 65.1 Å².